The van der Waals surface area contributed by atoms with Crippen molar-refractivity contribution in [2.45, 2.75) is 22.6 Å². The Labute approximate surface area is 186 Å². The van der Waals surface area contributed by atoms with Crippen LogP contribution in [-0.2, 0) is 0 Å². The summed E-state index contributed by atoms with van der Waals surface area (Å²) in [6.45, 7) is 1.42. The number of likely N-dealkylation sites (tertiary alicyclic amines) is 1. The fraction of sp³-hybridized carbons (Fsp3) is 0.154. The first kappa shape index (κ1) is 19.6. The minimum absolute atomic E-state index is 0.0163. The molecule has 0 radical (unpaired) electrons. The first-order chi connectivity index (χ1) is 15.2. The number of amides is 2. The molecular formula is C26H22N2O2S. The molecule has 0 spiro atoms. The summed E-state index contributed by atoms with van der Waals surface area (Å²) in [6.07, 6.45) is 4.00. The Bertz CT molecular complexity index is 1180. The van der Waals surface area contributed by atoms with Crippen molar-refractivity contribution in [1.82, 2.24) is 4.90 Å². The fourth-order valence-corrected chi connectivity index (χ4v) is 5.02. The van der Waals surface area contributed by atoms with Crippen molar-refractivity contribution in [3.8, 4) is 0 Å². The highest BCUT2D eigenvalue weighted by atomic mass is 32.2. The zero-order valence-corrected chi connectivity index (χ0v) is 17.8. The number of anilines is 1. The molecule has 3 aromatic carbocycles. The Morgan fingerprint density at radius 1 is 0.903 bits per heavy atom. The second-order valence-corrected chi connectivity index (χ2v) is 8.85. The van der Waals surface area contributed by atoms with Gasteiger partial charge < -0.3 is 10.2 Å². The molecule has 0 unspecified atom stereocenters. The highest BCUT2D eigenvalue weighted by Crippen LogP contribution is 2.39. The molecule has 1 N–H and O–H groups in total. The quantitative estimate of drug-likeness (QED) is 0.570. The maximum absolute atomic E-state index is 13.1. The van der Waals surface area contributed by atoms with Gasteiger partial charge in [0.05, 0.1) is 11.3 Å². The van der Waals surface area contributed by atoms with Crippen molar-refractivity contribution in [2.24, 2.45) is 0 Å². The molecule has 5 rings (SSSR count). The molecule has 2 amide bonds. The standard InChI is InChI=1S/C26H22N2O2S/c29-25-21-8-4-5-9-23(21)31-24-11-10-20(17-22(24)27-25)26(30)28-14-12-19(13-15-28)16-18-6-2-1-3-7-18/h1-11,16-17H,12-15H2,(H,27,29). The van der Waals surface area contributed by atoms with Crippen molar-refractivity contribution >= 4 is 35.3 Å². The average Bonchev–Trinajstić information content (AvgIpc) is 2.95. The molecule has 2 heterocycles. The lowest BCUT2D eigenvalue weighted by atomic mass is 10.00. The van der Waals surface area contributed by atoms with Gasteiger partial charge in [0.1, 0.15) is 0 Å². The van der Waals surface area contributed by atoms with E-state index in [4.69, 9.17) is 0 Å². The lowest BCUT2D eigenvalue weighted by Crippen LogP contribution is -2.36. The van der Waals surface area contributed by atoms with Crippen LogP contribution in [0.4, 0.5) is 5.69 Å². The van der Waals surface area contributed by atoms with E-state index in [0.29, 0.717) is 29.9 Å². The molecule has 2 aliphatic heterocycles. The molecule has 1 fully saturated rings. The maximum atomic E-state index is 13.1. The van der Waals surface area contributed by atoms with Gasteiger partial charge >= 0.3 is 0 Å². The summed E-state index contributed by atoms with van der Waals surface area (Å²) in [5, 5.41) is 2.97. The Morgan fingerprint density at radius 3 is 2.45 bits per heavy atom. The van der Waals surface area contributed by atoms with Gasteiger partial charge in [0, 0.05) is 28.4 Å². The van der Waals surface area contributed by atoms with E-state index in [0.717, 1.165) is 22.6 Å². The Kier molecular flexibility index (Phi) is 5.35. The van der Waals surface area contributed by atoms with Crippen LogP contribution in [0.3, 0.4) is 0 Å². The smallest absolute Gasteiger partial charge is 0.256 e. The number of piperidine rings is 1. The molecule has 0 bridgehead atoms. The topological polar surface area (TPSA) is 49.4 Å². The molecule has 154 valence electrons. The van der Waals surface area contributed by atoms with Gasteiger partial charge in [-0.1, -0.05) is 65.9 Å². The largest absolute Gasteiger partial charge is 0.338 e. The van der Waals surface area contributed by atoms with E-state index in [1.807, 2.05) is 65.6 Å². The van der Waals surface area contributed by atoms with Crippen molar-refractivity contribution in [3.63, 3.8) is 0 Å². The molecular weight excluding hydrogens is 404 g/mol. The average molecular weight is 427 g/mol. The molecule has 0 aliphatic carbocycles. The summed E-state index contributed by atoms with van der Waals surface area (Å²) >= 11 is 1.55. The molecule has 5 heteroatoms. The van der Waals surface area contributed by atoms with E-state index in [9.17, 15) is 9.59 Å². The normalized spacial score (nSPS) is 15.4. The molecule has 1 saturated heterocycles. The van der Waals surface area contributed by atoms with Crippen molar-refractivity contribution < 1.29 is 9.59 Å². The SMILES string of the molecule is O=C1Nc2cc(C(=O)N3CCC(=Cc4ccccc4)CC3)ccc2Sc2ccccc21. The van der Waals surface area contributed by atoms with Gasteiger partial charge in [-0.25, -0.2) is 0 Å². The Morgan fingerprint density at radius 2 is 1.65 bits per heavy atom. The molecule has 0 aromatic heterocycles. The van der Waals surface area contributed by atoms with E-state index >= 15 is 0 Å². The summed E-state index contributed by atoms with van der Waals surface area (Å²) in [5.41, 5.74) is 4.54. The first-order valence-corrected chi connectivity index (χ1v) is 11.2. The van der Waals surface area contributed by atoms with Gasteiger partial charge in [-0.2, -0.15) is 0 Å². The van der Waals surface area contributed by atoms with Gasteiger partial charge in [0.15, 0.2) is 0 Å². The third-order valence-corrected chi connectivity index (χ3v) is 6.84. The van der Waals surface area contributed by atoms with Gasteiger partial charge in [0.25, 0.3) is 11.8 Å². The van der Waals surface area contributed by atoms with E-state index in [2.05, 4.69) is 23.5 Å². The minimum Gasteiger partial charge on any atom is -0.338 e. The summed E-state index contributed by atoms with van der Waals surface area (Å²) in [7, 11) is 0. The molecule has 31 heavy (non-hydrogen) atoms. The van der Waals surface area contributed by atoms with Crippen molar-refractivity contribution in [2.75, 3.05) is 18.4 Å². The second-order valence-electron chi connectivity index (χ2n) is 7.77. The summed E-state index contributed by atoms with van der Waals surface area (Å²) in [6, 6.07) is 23.5. The first-order valence-electron chi connectivity index (χ1n) is 10.4. The van der Waals surface area contributed by atoms with Gasteiger partial charge in [0.2, 0.25) is 0 Å². The third-order valence-electron chi connectivity index (χ3n) is 5.69. The number of nitrogens with one attached hydrogen (secondary N) is 1. The van der Waals surface area contributed by atoms with Crippen LogP contribution in [0.5, 0.6) is 0 Å². The predicted molar refractivity (Wildman–Crippen MR) is 125 cm³/mol. The Balaban J connectivity index is 1.31. The number of rotatable bonds is 2. The van der Waals surface area contributed by atoms with Crippen LogP contribution in [0.1, 0.15) is 39.1 Å². The van der Waals surface area contributed by atoms with Crippen LogP contribution in [0.2, 0.25) is 0 Å². The van der Waals surface area contributed by atoms with Crippen LogP contribution in [0.25, 0.3) is 6.08 Å². The third kappa shape index (κ3) is 4.14. The number of carbonyl (C=O) groups is 2. The molecule has 0 atom stereocenters. The van der Waals surface area contributed by atoms with Crippen LogP contribution >= 0.6 is 11.8 Å². The fourth-order valence-electron chi connectivity index (χ4n) is 4.01. The maximum Gasteiger partial charge on any atom is 0.256 e. The second kappa shape index (κ2) is 8.44. The molecule has 2 aliphatic rings. The lowest BCUT2D eigenvalue weighted by molar-refractivity contribution is 0.0743. The summed E-state index contributed by atoms with van der Waals surface area (Å²) in [4.78, 5) is 29.5. The molecule has 4 nitrogen and oxygen atoms in total. The summed E-state index contributed by atoms with van der Waals surface area (Å²) in [5.74, 6) is -0.123. The number of benzene rings is 3. The summed E-state index contributed by atoms with van der Waals surface area (Å²) < 4.78 is 0. The predicted octanol–water partition coefficient (Wildman–Crippen LogP) is 5.72. The highest BCUT2D eigenvalue weighted by Gasteiger charge is 2.24. The number of carbonyl (C=O) groups excluding carboxylic acids is 2. The molecule has 3 aromatic rings. The zero-order valence-electron chi connectivity index (χ0n) is 17.0. The van der Waals surface area contributed by atoms with Crippen LogP contribution in [0.15, 0.2) is 88.2 Å². The van der Waals surface area contributed by atoms with Crippen molar-refractivity contribution in [3.05, 3.63) is 95.1 Å². The van der Waals surface area contributed by atoms with Crippen LogP contribution < -0.4 is 5.32 Å². The van der Waals surface area contributed by atoms with E-state index < -0.39 is 0 Å². The zero-order chi connectivity index (χ0) is 21.2. The van der Waals surface area contributed by atoms with Gasteiger partial charge in [-0.3, -0.25) is 9.59 Å². The molecule has 0 saturated carbocycles. The number of nitrogens with zero attached hydrogens (tertiary/aromatic N) is 1. The van der Waals surface area contributed by atoms with E-state index in [1.165, 1.54) is 11.1 Å². The van der Waals surface area contributed by atoms with Crippen LogP contribution in [0, 0.1) is 0 Å². The number of hydrogen-bond acceptors (Lipinski definition) is 3. The van der Waals surface area contributed by atoms with E-state index in [-0.39, 0.29) is 11.8 Å². The Hall–Kier alpha value is -3.31. The number of hydrogen-bond donors (Lipinski definition) is 1. The monoisotopic (exact) mass is 426 g/mol. The lowest BCUT2D eigenvalue weighted by Gasteiger charge is -2.29. The van der Waals surface area contributed by atoms with Crippen LogP contribution in [-0.4, -0.2) is 29.8 Å². The van der Waals surface area contributed by atoms with Gasteiger partial charge in [-0.05, 0) is 48.7 Å². The van der Waals surface area contributed by atoms with Gasteiger partial charge in [-0.15, -0.1) is 0 Å². The highest BCUT2D eigenvalue weighted by molar-refractivity contribution is 7.99. The van der Waals surface area contributed by atoms with E-state index in [1.54, 1.807) is 11.8 Å². The van der Waals surface area contributed by atoms with Crippen molar-refractivity contribution in [1.29, 1.82) is 0 Å². The number of fused-ring (bicyclic) bond motifs is 2. The minimum atomic E-state index is -0.139.